The molecule has 28 heavy (non-hydrogen) atoms. The molecule has 7 nitrogen and oxygen atoms in total. The van der Waals surface area contributed by atoms with Gasteiger partial charge in [0.25, 0.3) is 0 Å². The lowest BCUT2D eigenvalue weighted by Crippen LogP contribution is -2.49. The molecule has 0 bridgehead atoms. The van der Waals surface area contributed by atoms with Gasteiger partial charge in [-0.1, -0.05) is 19.1 Å². The van der Waals surface area contributed by atoms with E-state index in [0.29, 0.717) is 19.7 Å². The Morgan fingerprint density at radius 1 is 1.07 bits per heavy atom. The van der Waals surface area contributed by atoms with Gasteiger partial charge >= 0.3 is 0 Å². The van der Waals surface area contributed by atoms with Crippen molar-refractivity contribution in [2.75, 3.05) is 72.6 Å². The quantitative estimate of drug-likeness (QED) is 0.691. The van der Waals surface area contributed by atoms with E-state index in [1.165, 1.54) is 0 Å². The molecule has 1 N–H and O–H groups in total. The summed E-state index contributed by atoms with van der Waals surface area (Å²) in [6.45, 7) is 11.2. The van der Waals surface area contributed by atoms with Crippen LogP contribution in [-0.2, 0) is 11.3 Å². The number of ether oxygens (including phenoxy) is 1. The topological polar surface area (TPSA) is 59.5 Å². The second kappa shape index (κ2) is 10.2. The fourth-order valence-electron chi connectivity index (χ4n) is 3.77. The molecule has 1 amide bonds. The van der Waals surface area contributed by atoms with Crippen molar-refractivity contribution < 1.29 is 14.6 Å². The molecule has 0 unspecified atom stereocenters. The summed E-state index contributed by atoms with van der Waals surface area (Å²) >= 11 is 0. The highest BCUT2D eigenvalue weighted by atomic mass is 16.5. The van der Waals surface area contributed by atoms with E-state index in [2.05, 4.69) is 27.7 Å². The number of benzene rings is 1. The number of nitrogens with zero attached hydrogens (tertiary/aromatic N) is 4. The predicted molar refractivity (Wildman–Crippen MR) is 109 cm³/mol. The molecule has 1 atom stereocenters. The van der Waals surface area contributed by atoms with Crippen LogP contribution in [-0.4, -0.2) is 109 Å². The molecule has 156 valence electrons. The van der Waals surface area contributed by atoms with Crippen molar-refractivity contribution in [1.29, 1.82) is 0 Å². The Morgan fingerprint density at radius 3 is 2.50 bits per heavy atom. The maximum Gasteiger partial charge on any atom is 0.236 e. The normalized spacial score (nSPS) is 21.1. The van der Waals surface area contributed by atoms with E-state index in [9.17, 15) is 9.90 Å². The average Bonchev–Trinajstić information content (AvgIpc) is 2.70. The Bertz CT molecular complexity index is 634. The molecule has 1 aromatic carbocycles. The Morgan fingerprint density at radius 2 is 1.79 bits per heavy atom. The summed E-state index contributed by atoms with van der Waals surface area (Å²) < 4.78 is 5.84. The smallest absolute Gasteiger partial charge is 0.236 e. The second-order valence-corrected chi connectivity index (χ2v) is 7.87. The number of β-amino-alcohol motifs (C(OH)–C–C–N with tert-alkyl or cyclic N) is 1. The molecule has 1 aromatic rings. The minimum Gasteiger partial charge on any atom is -0.491 e. The minimum atomic E-state index is -0.493. The first kappa shape index (κ1) is 21.0. The van der Waals surface area contributed by atoms with Gasteiger partial charge in [0.05, 0.1) is 6.54 Å². The van der Waals surface area contributed by atoms with E-state index in [1.54, 1.807) is 4.90 Å². The summed E-state index contributed by atoms with van der Waals surface area (Å²) in [5, 5.41) is 10.3. The Kier molecular flexibility index (Phi) is 7.67. The summed E-state index contributed by atoms with van der Waals surface area (Å²) in [6.07, 6.45) is -0.493. The third-order valence-corrected chi connectivity index (χ3v) is 5.66. The predicted octanol–water partition coefficient (Wildman–Crippen LogP) is 0.338. The van der Waals surface area contributed by atoms with E-state index < -0.39 is 6.10 Å². The fourth-order valence-corrected chi connectivity index (χ4v) is 3.77. The summed E-state index contributed by atoms with van der Waals surface area (Å²) in [4.78, 5) is 20.5. The third-order valence-electron chi connectivity index (χ3n) is 5.66. The maximum atomic E-state index is 11.9. The van der Waals surface area contributed by atoms with Crippen molar-refractivity contribution in [2.24, 2.45) is 0 Å². The van der Waals surface area contributed by atoms with E-state index in [0.717, 1.165) is 63.7 Å². The summed E-state index contributed by atoms with van der Waals surface area (Å²) in [5.74, 6) is 0.939. The van der Waals surface area contributed by atoms with Gasteiger partial charge in [0.1, 0.15) is 18.5 Å². The number of piperazine rings is 2. The van der Waals surface area contributed by atoms with Gasteiger partial charge in [-0.2, -0.15) is 0 Å². The van der Waals surface area contributed by atoms with Crippen LogP contribution in [0.25, 0.3) is 0 Å². The molecule has 0 aliphatic carbocycles. The summed E-state index contributed by atoms with van der Waals surface area (Å²) in [6, 6.07) is 7.96. The monoisotopic (exact) mass is 390 g/mol. The van der Waals surface area contributed by atoms with Gasteiger partial charge in [0.15, 0.2) is 0 Å². The number of rotatable bonds is 8. The zero-order valence-electron chi connectivity index (χ0n) is 17.2. The highest BCUT2D eigenvalue weighted by Crippen LogP contribution is 2.16. The van der Waals surface area contributed by atoms with Gasteiger partial charge in [-0.05, 0) is 24.2 Å². The minimum absolute atomic E-state index is 0.168. The zero-order chi connectivity index (χ0) is 19.9. The van der Waals surface area contributed by atoms with Crippen LogP contribution in [0.5, 0.6) is 5.75 Å². The highest BCUT2D eigenvalue weighted by molar-refractivity contribution is 5.78. The molecule has 7 heteroatoms. The third kappa shape index (κ3) is 6.17. The van der Waals surface area contributed by atoms with Crippen molar-refractivity contribution in [1.82, 2.24) is 19.6 Å². The van der Waals surface area contributed by atoms with Gasteiger partial charge in [-0.3, -0.25) is 14.6 Å². The van der Waals surface area contributed by atoms with Crippen molar-refractivity contribution in [2.45, 2.75) is 19.6 Å². The lowest BCUT2D eigenvalue weighted by Gasteiger charge is -2.34. The number of likely N-dealkylation sites (N-methyl/N-ethyl adjacent to an activating group) is 2. The standard InChI is InChI=1S/C21H34N4O3/c1-3-23-9-11-24(12-10-23)15-19(26)17-28-20-6-4-5-18(13-20)14-25-8-7-22(2)21(27)16-25/h4-6,13,19,26H,3,7-12,14-17H2,1-2H3/t19-/m1/s1. The fraction of sp³-hybridized carbons (Fsp3) is 0.667. The molecular formula is C21H34N4O3. The van der Waals surface area contributed by atoms with Crippen LogP contribution in [0.2, 0.25) is 0 Å². The molecule has 2 aliphatic rings. The number of carbonyl (C=O) groups excluding carboxylic acids is 1. The number of carbonyl (C=O) groups is 1. The molecule has 0 radical (unpaired) electrons. The molecule has 2 aliphatic heterocycles. The van der Waals surface area contributed by atoms with Gasteiger partial charge < -0.3 is 19.6 Å². The van der Waals surface area contributed by atoms with E-state index >= 15 is 0 Å². The average molecular weight is 391 g/mol. The first-order valence-electron chi connectivity index (χ1n) is 10.3. The number of aliphatic hydroxyl groups is 1. The Balaban J connectivity index is 1.42. The molecule has 3 rings (SSSR count). The van der Waals surface area contributed by atoms with Gasteiger partial charge in [0, 0.05) is 59.4 Å². The van der Waals surface area contributed by atoms with Crippen LogP contribution in [0.4, 0.5) is 0 Å². The van der Waals surface area contributed by atoms with Crippen LogP contribution in [0, 0.1) is 0 Å². The van der Waals surface area contributed by atoms with Crippen LogP contribution in [0.15, 0.2) is 24.3 Å². The first-order chi connectivity index (χ1) is 13.5. The number of amides is 1. The number of hydrogen-bond acceptors (Lipinski definition) is 6. The Labute approximate surface area is 168 Å². The lowest BCUT2D eigenvalue weighted by molar-refractivity contribution is -0.134. The molecule has 2 saturated heterocycles. The molecule has 0 spiro atoms. The largest absolute Gasteiger partial charge is 0.491 e. The Hall–Kier alpha value is -1.67. The van der Waals surface area contributed by atoms with Gasteiger partial charge in [-0.25, -0.2) is 0 Å². The zero-order valence-corrected chi connectivity index (χ0v) is 17.2. The molecule has 0 aromatic heterocycles. The SMILES string of the molecule is CCN1CCN(C[C@@H](O)COc2cccc(CN3CCN(C)C(=O)C3)c2)CC1. The number of hydrogen-bond donors (Lipinski definition) is 1. The molecule has 2 fully saturated rings. The van der Waals surface area contributed by atoms with E-state index in [1.807, 2.05) is 25.2 Å². The van der Waals surface area contributed by atoms with E-state index in [-0.39, 0.29) is 5.91 Å². The van der Waals surface area contributed by atoms with Crippen molar-refractivity contribution >= 4 is 5.91 Å². The van der Waals surface area contributed by atoms with Gasteiger partial charge in [0.2, 0.25) is 5.91 Å². The first-order valence-corrected chi connectivity index (χ1v) is 10.3. The van der Waals surface area contributed by atoms with Crippen LogP contribution < -0.4 is 4.74 Å². The van der Waals surface area contributed by atoms with Crippen LogP contribution in [0.3, 0.4) is 0 Å². The van der Waals surface area contributed by atoms with Crippen molar-refractivity contribution in [3.63, 3.8) is 0 Å². The summed E-state index contributed by atoms with van der Waals surface area (Å²) in [5.41, 5.74) is 1.13. The second-order valence-electron chi connectivity index (χ2n) is 7.87. The maximum absolute atomic E-state index is 11.9. The summed E-state index contributed by atoms with van der Waals surface area (Å²) in [7, 11) is 1.85. The van der Waals surface area contributed by atoms with Gasteiger partial charge in [-0.15, -0.1) is 0 Å². The molecular weight excluding hydrogens is 356 g/mol. The molecule has 2 heterocycles. The van der Waals surface area contributed by atoms with Crippen molar-refractivity contribution in [3.8, 4) is 5.75 Å². The lowest BCUT2D eigenvalue weighted by atomic mass is 10.2. The van der Waals surface area contributed by atoms with Crippen molar-refractivity contribution in [3.05, 3.63) is 29.8 Å². The van der Waals surface area contributed by atoms with E-state index in [4.69, 9.17) is 4.74 Å². The molecule has 0 saturated carbocycles. The van der Waals surface area contributed by atoms with Crippen LogP contribution in [0.1, 0.15) is 12.5 Å². The van der Waals surface area contributed by atoms with Crippen LogP contribution >= 0.6 is 0 Å². The highest BCUT2D eigenvalue weighted by Gasteiger charge is 2.21. The number of aliphatic hydroxyl groups excluding tert-OH is 1.